The van der Waals surface area contributed by atoms with Gasteiger partial charge in [-0.25, -0.2) is 9.59 Å². The molecule has 2 aromatic carbocycles. The minimum atomic E-state index is -0.761. The molecule has 9 heteroatoms. The number of nitrogens with zero attached hydrogens (tertiary/aromatic N) is 3. The van der Waals surface area contributed by atoms with E-state index in [1.165, 1.54) is 12.1 Å². The first-order valence-electron chi connectivity index (χ1n) is 8.86. The number of fused-ring (bicyclic) bond motifs is 1. The van der Waals surface area contributed by atoms with Crippen LogP contribution in [0.5, 0.6) is 0 Å². The third-order valence-electron chi connectivity index (χ3n) is 3.74. The van der Waals surface area contributed by atoms with E-state index < -0.39 is 23.2 Å². The predicted molar refractivity (Wildman–Crippen MR) is 104 cm³/mol. The first kappa shape index (κ1) is 20.0. The van der Waals surface area contributed by atoms with Gasteiger partial charge in [-0.3, -0.25) is 4.79 Å². The highest BCUT2D eigenvalue weighted by molar-refractivity contribution is 5.89. The van der Waals surface area contributed by atoms with Crippen molar-refractivity contribution in [1.29, 1.82) is 0 Å². The number of carbonyl (C=O) groups is 2. The van der Waals surface area contributed by atoms with Gasteiger partial charge in [0.25, 0.3) is 0 Å². The molecule has 0 atom stereocenters. The van der Waals surface area contributed by atoms with Crippen molar-refractivity contribution < 1.29 is 19.2 Å². The normalized spacial score (nSPS) is 11.1. The summed E-state index contributed by atoms with van der Waals surface area (Å²) in [6, 6.07) is 13.0. The second-order valence-electron chi connectivity index (χ2n) is 7.22. The number of benzene rings is 2. The average Bonchev–Trinajstić information content (AvgIpc) is 2.68. The molecule has 0 unspecified atom stereocenters. The summed E-state index contributed by atoms with van der Waals surface area (Å²) in [5, 5.41) is 10.4. The second-order valence-corrected chi connectivity index (χ2v) is 7.22. The van der Waals surface area contributed by atoms with Crippen LogP contribution in [0.3, 0.4) is 0 Å². The lowest BCUT2D eigenvalue weighted by atomic mass is 10.1. The third kappa shape index (κ3) is 5.16. The number of aromatic nitrogens is 3. The van der Waals surface area contributed by atoms with Gasteiger partial charge in [-0.05, 0) is 60.7 Å². The Hall–Kier alpha value is -3.75. The molecule has 1 N–H and O–H groups in total. The summed E-state index contributed by atoms with van der Waals surface area (Å²) in [5.74, 6) is -0.761. The number of ether oxygens (including phenoxy) is 1. The van der Waals surface area contributed by atoms with E-state index in [-0.39, 0.29) is 12.1 Å². The van der Waals surface area contributed by atoms with Crippen molar-refractivity contribution in [1.82, 2.24) is 20.5 Å². The lowest BCUT2D eigenvalue weighted by Crippen LogP contribution is -2.33. The summed E-state index contributed by atoms with van der Waals surface area (Å²) in [6.07, 6.45) is -0.532. The van der Waals surface area contributed by atoms with E-state index >= 15 is 0 Å². The van der Waals surface area contributed by atoms with Gasteiger partial charge < -0.3 is 14.9 Å². The summed E-state index contributed by atoms with van der Waals surface area (Å²) in [7, 11) is 0. The summed E-state index contributed by atoms with van der Waals surface area (Å²) in [5.41, 5.74) is 0.221. The molecular weight excluding hydrogens is 376 g/mol. The van der Waals surface area contributed by atoms with Gasteiger partial charge in [0.1, 0.15) is 11.1 Å². The molecule has 0 bridgehead atoms. The zero-order chi connectivity index (χ0) is 21.0. The molecule has 0 aliphatic rings. The Morgan fingerprint density at radius 3 is 2.45 bits per heavy atom. The molecule has 3 aromatic rings. The van der Waals surface area contributed by atoms with Crippen molar-refractivity contribution in [2.24, 2.45) is 0 Å². The SMILES string of the molecule is CC(C)(C)OC(=O)NCc1ccc(C(=O)On2nnc3ccccc3c2=O)cc1. The largest absolute Gasteiger partial charge is 0.444 e. The summed E-state index contributed by atoms with van der Waals surface area (Å²) in [6.45, 7) is 5.56. The Kier molecular flexibility index (Phi) is 5.58. The fraction of sp³-hybridized carbons (Fsp3) is 0.250. The van der Waals surface area contributed by atoms with Crippen molar-refractivity contribution in [3.8, 4) is 0 Å². The Balaban J connectivity index is 1.64. The average molecular weight is 396 g/mol. The van der Waals surface area contributed by atoms with E-state index in [0.29, 0.717) is 15.7 Å². The molecule has 1 amide bonds. The van der Waals surface area contributed by atoms with Crippen LogP contribution in [0.15, 0.2) is 53.3 Å². The van der Waals surface area contributed by atoms with Crippen LogP contribution in [0, 0.1) is 0 Å². The van der Waals surface area contributed by atoms with Gasteiger partial charge in [0.05, 0.1) is 10.9 Å². The molecule has 0 spiro atoms. The summed E-state index contributed by atoms with van der Waals surface area (Å²) in [4.78, 5) is 41.9. The van der Waals surface area contributed by atoms with Crippen LogP contribution < -0.4 is 15.7 Å². The molecule has 9 nitrogen and oxygen atoms in total. The maximum atomic E-state index is 12.3. The first-order valence-corrected chi connectivity index (χ1v) is 8.86. The van der Waals surface area contributed by atoms with Gasteiger partial charge in [0.15, 0.2) is 0 Å². The fourth-order valence-electron chi connectivity index (χ4n) is 2.41. The number of alkyl carbamates (subject to hydrolysis) is 1. The van der Waals surface area contributed by atoms with E-state index in [0.717, 1.165) is 5.56 Å². The molecule has 3 rings (SSSR count). The number of amides is 1. The Bertz CT molecular complexity index is 1100. The van der Waals surface area contributed by atoms with Crippen molar-refractivity contribution in [2.75, 3.05) is 0 Å². The van der Waals surface area contributed by atoms with E-state index in [2.05, 4.69) is 15.6 Å². The van der Waals surface area contributed by atoms with Gasteiger partial charge in [0.2, 0.25) is 0 Å². The lowest BCUT2D eigenvalue weighted by Gasteiger charge is -2.19. The van der Waals surface area contributed by atoms with Gasteiger partial charge >= 0.3 is 17.6 Å². The second kappa shape index (κ2) is 8.09. The molecular formula is C20H20N4O5. The quantitative estimate of drug-likeness (QED) is 0.672. The van der Waals surface area contributed by atoms with E-state index in [4.69, 9.17) is 9.57 Å². The number of rotatable bonds is 4. The minimum absolute atomic E-state index is 0.216. The molecule has 1 heterocycles. The molecule has 0 radical (unpaired) electrons. The lowest BCUT2D eigenvalue weighted by molar-refractivity contribution is 0.0350. The van der Waals surface area contributed by atoms with Crippen LogP contribution in [-0.4, -0.2) is 32.8 Å². The van der Waals surface area contributed by atoms with Crippen LogP contribution in [0.1, 0.15) is 36.7 Å². The summed E-state index contributed by atoms with van der Waals surface area (Å²) >= 11 is 0. The van der Waals surface area contributed by atoms with Crippen molar-refractivity contribution >= 4 is 23.0 Å². The molecule has 1 aromatic heterocycles. The molecule has 0 aliphatic heterocycles. The van der Waals surface area contributed by atoms with Crippen LogP contribution >= 0.6 is 0 Å². The zero-order valence-electron chi connectivity index (χ0n) is 16.2. The van der Waals surface area contributed by atoms with Gasteiger partial charge in [-0.15, -0.1) is 5.10 Å². The van der Waals surface area contributed by atoms with Crippen LogP contribution in [0.4, 0.5) is 4.79 Å². The number of hydrogen-bond donors (Lipinski definition) is 1. The molecule has 0 saturated carbocycles. The van der Waals surface area contributed by atoms with Crippen LogP contribution in [0.25, 0.3) is 10.9 Å². The highest BCUT2D eigenvalue weighted by atomic mass is 16.7. The number of nitrogens with one attached hydrogen (secondary N) is 1. The maximum Gasteiger partial charge on any atom is 0.407 e. The monoisotopic (exact) mass is 396 g/mol. The predicted octanol–water partition coefficient (Wildman–Crippen LogP) is 2.09. The topological polar surface area (TPSA) is 112 Å². The van der Waals surface area contributed by atoms with Crippen LogP contribution in [0.2, 0.25) is 0 Å². The van der Waals surface area contributed by atoms with Gasteiger partial charge in [-0.2, -0.15) is 0 Å². The van der Waals surface area contributed by atoms with E-state index in [9.17, 15) is 14.4 Å². The smallest absolute Gasteiger partial charge is 0.407 e. The number of carbonyl (C=O) groups excluding carboxylic acids is 2. The molecule has 0 saturated heterocycles. The summed E-state index contributed by atoms with van der Waals surface area (Å²) < 4.78 is 5.16. The first-order chi connectivity index (χ1) is 13.7. The molecule has 29 heavy (non-hydrogen) atoms. The van der Waals surface area contributed by atoms with Gasteiger partial charge in [-0.1, -0.05) is 24.3 Å². The Labute approximate surface area is 166 Å². The molecule has 0 aliphatic carbocycles. The maximum absolute atomic E-state index is 12.3. The highest BCUT2D eigenvalue weighted by Gasteiger charge is 2.16. The minimum Gasteiger partial charge on any atom is -0.444 e. The van der Waals surface area contributed by atoms with E-state index in [1.807, 2.05) is 0 Å². The Morgan fingerprint density at radius 1 is 1.07 bits per heavy atom. The van der Waals surface area contributed by atoms with Crippen molar-refractivity contribution in [3.63, 3.8) is 0 Å². The number of hydrogen-bond acceptors (Lipinski definition) is 7. The van der Waals surface area contributed by atoms with E-state index in [1.54, 1.807) is 57.2 Å². The van der Waals surface area contributed by atoms with Crippen molar-refractivity contribution in [2.45, 2.75) is 32.9 Å². The van der Waals surface area contributed by atoms with Crippen LogP contribution in [-0.2, 0) is 11.3 Å². The fourth-order valence-corrected chi connectivity index (χ4v) is 2.41. The van der Waals surface area contributed by atoms with Crippen molar-refractivity contribution in [3.05, 3.63) is 70.0 Å². The molecule has 0 fully saturated rings. The Morgan fingerprint density at radius 2 is 1.76 bits per heavy atom. The third-order valence-corrected chi connectivity index (χ3v) is 3.74. The highest BCUT2D eigenvalue weighted by Crippen LogP contribution is 2.08. The van der Waals surface area contributed by atoms with Gasteiger partial charge in [0, 0.05) is 6.54 Å². The zero-order valence-corrected chi connectivity index (χ0v) is 16.2. The standard InChI is InChI=1S/C20H20N4O5/c1-20(2,3)28-19(27)21-12-13-8-10-14(11-9-13)18(26)29-24-17(25)15-6-4-5-7-16(15)22-23-24/h4-11H,12H2,1-3H3,(H,21,27). The molecule has 150 valence electrons.